The fourth-order valence-electron chi connectivity index (χ4n) is 4.18. The number of hydrogen-bond acceptors (Lipinski definition) is 5. The van der Waals surface area contributed by atoms with E-state index in [1.165, 1.54) is 5.56 Å². The van der Waals surface area contributed by atoms with Gasteiger partial charge in [-0.25, -0.2) is 0 Å². The van der Waals surface area contributed by atoms with Crippen LogP contribution in [0.1, 0.15) is 11.3 Å². The Morgan fingerprint density at radius 1 is 1.23 bits per heavy atom. The van der Waals surface area contributed by atoms with E-state index >= 15 is 0 Å². The molecule has 5 nitrogen and oxygen atoms in total. The molecule has 2 aliphatic rings. The Labute approximate surface area is 154 Å². The van der Waals surface area contributed by atoms with Gasteiger partial charge in [0, 0.05) is 42.7 Å². The number of fused-ring (bicyclic) bond motifs is 1. The summed E-state index contributed by atoms with van der Waals surface area (Å²) in [6, 6.07) is 14.2. The second kappa shape index (κ2) is 7.74. The number of likely N-dealkylation sites (tertiary alicyclic amines) is 1. The van der Waals surface area contributed by atoms with Gasteiger partial charge in [0.2, 0.25) is 0 Å². The van der Waals surface area contributed by atoms with Crippen LogP contribution >= 0.6 is 0 Å². The molecule has 2 aromatic rings. The molecule has 1 aromatic carbocycles. The molecule has 0 amide bonds. The summed E-state index contributed by atoms with van der Waals surface area (Å²) in [5.41, 5.74) is 2.31. The largest absolute Gasteiger partial charge is 0.496 e. The van der Waals surface area contributed by atoms with Crippen molar-refractivity contribution < 1.29 is 14.2 Å². The zero-order chi connectivity index (χ0) is 17.8. The van der Waals surface area contributed by atoms with Gasteiger partial charge in [-0.3, -0.25) is 9.88 Å². The van der Waals surface area contributed by atoms with E-state index in [2.05, 4.69) is 22.0 Å². The smallest absolute Gasteiger partial charge is 0.123 e. The normalized spacial score (nSPS) is 25.3. The standard InChI is InChI=1S/C21H26N2O3/c1-24-20-8-3-2-6-17(20)10-23-11-18-12-25-15-21(18,14-23)16-26-13-19-7-4-5-9-22-19/h2-9,18H,10-16H2,1H3/t18-,21+/m1/s1. The van der Waals surface area contributed by atoms with Gasteiger partial charge in [0.1, 0.15) is 5.75 Å². The first-order valence-corrected chi connectivity index (χ1v) is 9.19. The van der Waals surface area contributed by atoms with Crippen LogP contribution in [-0.2, 0) is 22.6 Å². The van der Waals surface area contributed by atoms with Gasteiger partial charge in [-0.05, 0) is 18.2 Å². The fraction of sp³-hybridized carbons (Fsp3) is 0.476. The summed E-state index contributed by atoms with van der Waals surface area (Å²) in [5.74, 6) is 1.49. The summed E-state index contributed by atoms with van der Waals surface area (Å²) < 4.78 is 17.4. The quantitative estimate of drug-likeness (QED) is 0.765. The van der Waals surface area contributed by atoms with E-state index in [0.29, 0.717) is 12.5 Å². The van der Waals surface area contributed by atoms with E-state index in [0.717, 1.165) is 50.9 Å². The first-order chi connectivity index (χ1) is 12.8. The Kier molecular flexibility index (Phi) is 5.20. The maximum atomic E-state index is 6.06. The number of para-hydroxylation sites is 1. The lowest BCUT2D eigenvalue weighted by Gasteiger charge is -2.27. The van der Waals surface area contributed by atoms with Crippen LogP contribution in [0.2, 0.25) is 0 Å². The van der Waals surface area contributed by atoms with Crippen LogP contribution in [0.5, 0.6) is 5.75 Å². The van der Waals surface area contributed by atoms with E-state index < -0.39 is 0 Å². The van der Waals surface area contributed by atoms with Crippen molar-refractivity contribution >= 4 is 0 Å². The van der Waals surface area contributed by atoms with E-state index in [4.69, 9.17) is 14.2 Å². The molecule has 2 saturated heterocycles. The minimum atomic E-state index is 0.0940. The zero-order valence-corrected chi connectivity index (χ0v) is 15.3. The van der Waals surface area contributed by atoms with E-state index in [9.17, 15) is 0 Å². The molecule has 2 aliphatic heterocycles. The number of rotatable bonds is 7. The second-order valence-electron chi connectivity index (χ2n) is 7.37. The highest BCUT2D eigenvalue weighted by Crippen LogP contribution is 2.42. The molecule has 0 radical (unpaired) electrons. The SMILES string of the molecule is COc1ccccc1CN1C[C@@H]2COC[C@]2(COCc2ccccn2)C1. The Bertz CT molecular complexity index is 724. The van der Waals surface area contributed by atoms with Gasteiger partial charge in [0.05, 0.1) is 39.2 Å². The Morgan fingerprint density at radius 2 is 2.12 bits per heavy atom. The summed E-state index contributed by atoms with van der Waals surface area (Å²) in [5, 5.41) is 0. The molecule has 5 heteroatoms. The predicted molar refractivity (Wildman–Crippen MR) is 98.9 cm³/mol. The number of hydrogen-bond donors (Lipinski definition) is 0. The van der Waals surface area contributed by atoms with E-state index in [1.54, 1.807) is 7.11 Å². The third-order valence-electron chi connectivity index (χ3n) is 5.54. The highest BCUT2D eigenvalue weighted by molar-refractivity contribution is 5.33. The molecule has 0 saturated carbocycles. The molecule has 1 aromatic heterocycles. The highest BCUT2D eigenvalue weighted by atomic mass is 16.5. The maximum absolute atomic E-state index is 6.06. The molecule has 0 unspecified atom stereocenters. The van der Waals surface area contributed by atoms with Crippen LogP contribution in [0, 0.1) is 11.3 Å². The summed E-state index contributed by atoms with van der Waals surface area (Å²) in [6.07, 6.45) is 1.81. The first-order valence-electron chi connectivity index (χ1n) is 9.19. The summed E-state index contributed by atoms with van der Waals surface area (Å²) in [4.78, 5) is 6.84. The first kappa shape index (κ1) is 17.5. The molecule has 4 rings (SSSR count). The molecule has 3 heterocycles. The van der Waals surface area contributed by atoms with Crippen LogP contribution in [0.25, 0.3) is 0 Å². The van der Waals surface area contributed by atoms with Gasteiger partial charge >= 0.3 is 0 Å². The van der Waals surface area contributed by atoms with Crippen molar-refractivity contribution in [3.05, 3.63) is 59.9 Å². The van der Waals surface area contributed by atoms with Gasteiger partial charge in [-0.2, -0.15) is 0 Å². The van der Waals surface area contributed by atoms with Crippen LogP contribution < -0.4 is 4.74 Å². The van der Waals surface area contributed by atoms with Crippen molar-refractivity contribution in [2.45, 2.75) is 13.2 Å². The van der Waals surface area contributed by atoms with Crippen LogP contribution in [0.3, 0.4) is 0 Å². The van der Waals surface area contributed by atoms with Gasteiger partial charge in [-0.1, -0.05) is 24.3 Å². The monoisotopic (exact) mass is 354 g/mol. The van der Waals surface area contributed by atoms with E-state index in [-0.39, 0.29) is 5.41 Å². The van der Waals surface area contributed by atoms with E-state index in [1.807, 2.05) is 36.5 Å². The molecule has 138 valence electrons. The van der Waals surface area contributed by atoms with Crippen molar-refractivity contribution in [3.8, 4) is 5.75 Å². The minimum absolute atomic E-state index is 0.0940. The van der Waals surface area contributed by atoms with Gasteiger partial charge in [0.25, 0.3) is 0 Å². The molecule has 26 heavy (non-hydrogen) atoms. The van der Waals surface area contributed by atoms with Crippen molar-refractivity contribution in [2.75, 3.05) is 40.0 Å². The average molecular weight is 354 g/mol. The maximum Gasteiger partial charge on any atom is 0.123 e. The number of benzene rings is 1. The molecule has 0 aliphatic carbocycles. The number of pyridine rings is 1. The van der Waals surface area contributed by atoms with Gasteiger partial charge < -0.3 is 14.2 Å². The fourth-order valence-corrected chi connectivity index (χ4v) is 4.18. The third-order valence-corrected chi connectivity index (χ3v) is 5.54. The van der Waals surface area contributed by atoms with Crippen LogP contribution in [0.15, 0.2) is 48.7 Å². The Hall–Kier alpha value is -1.95. The minimum Gasteiger partial charge on any atom is -0.496 e. The molecule has 2 atom stereocenters. The van der Waals surface area contributed by atoms with Gasteiger partial charge in [0.15, 0.2) is 0 Å². The average Bonchev–Trinajstić information content (AvgIpc) is 3.19. The Morgan fingerprint density at radius 3 is 2.96 bits per heavy atom. The zero-order valence-electron chi connectivity index (χ0n) is 15.3. The molecular formula is C21H26N2O3. The number of ether oxygens (including phenoxy) is 3. The molecule has 0 spiro atoms. The van der Waals surface area contributed by atoms with Gasteiger partial charge in [-0.15, -0.1) is 0 Å². The Balaban J connectivity index is 1.38. The molecule has 2 fully saturated rings. The highest BCUT2D eigenvalue weighted by Gasteiger charge is 2.50. The van der Waals surface area contributed by atoms with Crippen molar-refractivity contribution in [3.63, 3.8) is 0 Å². The van der Waals surface area contributed by atoms with Crippen molar-refractivity contribution in [2.24, 2.45) is 11.3 Å². The molecule has 0 bridgehead atoms. The van der Waals surface area contributed by atoms with Crippen molar-refractivity contribution in [1.29, 1.82) is 0 Å². The number of aromatic nitrogens is 1. The third kappa shape index (κ3) is 3.61. The van der Waals surface area contributed by atoms with Crippen molar-refractivity contribution in [1.82, 2.24) is 9.88 Å². The molecular weight excluding hydrogens is 328 g/mol. The number of nitrogens with zero attached hydrogens (tertiary/aromatic N) is 2. The number of methoxy groups -OCH3 is 1. The predicted octanol–water partition coefficient (Wildman–Crippen LogP) is 2.76. The van der Waals surface area contributed by atoms with Crippen LogP contribution in [-0.4, -0.2) is 49.9 Å². The van der Waals surface area contributed by atoms with Crippen LogP contribution in [0.4, 0.5) is 0 Å². The lowest BCUT2D eigenvalue weighted by molar-refractivity contribution is 0.0171. The summed E-state index contributed by atoms with van der Waals surface area (Å²) >= 11 is 0. The lowest BCUT2D eigenvalue weighted by Crippen LogP contribution is -2.35. The summed E-state index contributed by atoms with van der Waals surface area (Å²) in [6.45, 7) is 5.83. The molecule has 0 N–H and O–H groups in total. The summed E-state index contributed by atoms with van der Waals surface area (Å²) in [7, 11) is 1.73. The second-order valence-corrected chi connectivity index (χ2v) is 7.37. The lowest BCUT2D eigenvalue weighted by atomic mass is 9.82. The topological polar surface area (TPSA) is 43.8 Å².